The summed E-state index contributed by atoms with van der Waals surface area (Å²) < 4.78 is 0. The van der Waals surface area contributed by atoms with Gasteiger partial charge in [-0.25, -0.2) is 0 Å². The van der Waals surface area contributed by atoms with Crippen LogP contribution in [0.2, 0.25) is 0 Å². The van der Waals surface area contributed by atoms with Gasteiger partial charge in [0.1, 0.15) is 0 Å². The Hall–Kier alpha value is -1.88. The smallest absolute Gasteiger partial charge is 0.254 e. The van der Waals surface area contributed by atoms with Crippen LogP contribution in [0.4, 0.5) is 0 Å². The fraction of sp³-hybridized carbons (Fsp3) is 0.467. The molecule has 106 valence electrons. The molecule has 0 aliphatic carbocycles. The molecule has 5 nitrogen and oxygen atoms in total. The van der Waals surface area contributed by atoms with Crippen LogP contribution in [0.15, 0.2) is 18.2 Å². The number of nitrogens with one attached hydrogen (secondary N) is 2. The zero-order valence-electron chi connectivity index (χ0n) is 11.4. The van der Waals surface area contributed by atoms with E-state index in [0.29, 0.717) is 26.1 Å². The standard InChI is InChI=1S/C15H19N3O2/c19-14-5-8-18(9-7-17-14)15(20)13-3-1-2-11-10-16-6-4-12(11)13/h1-3,16H,4-10H2,(H,17,19). The monoisotopic (exact) mass is 273 g/mol. The molecule has 1 fully saturated rings. The molecule has 1 aromatic carbocycles. The summed E-state index contributed by atoms with van der Waals surface area (Å²) in [6.07, 6.45) is 1.28. The molecule has 0 aromatic heterocycles. The Kier molecular flexibility index (Phi) is 3.69. The third-order valence-electron chi connectivity index (χ3n) is 3.97. The first-order valence-corrected chi connectivity index (χ1v) is 7.13. The van der Waals surface area contributed by atoms with E-state index in [1.165, 1.54) is 11.1 Å². The summed E-state index contributed by atoms with van der Waals surface area (Å²) in [5.74, 6) is 0.0832. The van der Waals surface area contributed by atoms with Gasteiger partial charge in [0.2, 0.25) is 5.91 Å². The summed E-state index contributed by atoms with van der Waals surface area (Å²) in [5.41, 5.74) is 3.18. The molecule has 0 bridgehead atoms. The van der Waals surface area contributed by atoms with Crippen LogP contribution >= 0.6 is 0 Å². The van der Waals surface area contributed by atoms with Crippen LogP contribution in [-0.2, 0) is 17.8 Å². The number of rotatable bonds is 1. The van der Waals surface area contributed by atoms with E-state index >= 15 is 0 Å². The number of hydrogen-bond donors (Lipinski definition) is 2. The fourth-order valence-corrected chi connectivity index (χ4v) is 2.87. The van der Waals surface area contributed by atoms with Gasteiger partial charge in [-0.3, -0.25) is 9.59 Å². The Morgan fingerprint density at radius 2 is 2.05 bits per heavy atom. The first-order chi connectivity index (χ1) is 9.75. The van der Waals surface area contributed by atoms with Gasteiger partial charge < -0.3 is 15.5 Å². The molecule has 0 saturated carbocycles. The van der Waals surface area contributed by atoms with Gasteiger partial charge in [-0.05, 0) is 30.2 Å². The van der Waals surface area contributed by atoms with Crippen LogP contribution in [0.3, 0.4) is 0 Å². The lowest BCUT2D eigenvalue weighted by Gasteiger charge is -2.24. The zero-order chi connectivity index (χ0) is 13.9. The van der Waals surface area contributed by atoms with Crippen LogP contribution in [0, 0.1) is 0 Å². The number of amides is 2. The first-order valence-electron chi connectivity index (χ1n) is 7.13. The fourth-order valence-electron chi connectivity index (χ4n) is 2.87. The second kappa shape index (κ2) is 5.63. The van der Waals surface area contributed by atoms with Crippen molar-refractivity contribution in [2.45, 2.75) is 19.4 Å². The van der Waals surface area contributed by atoms with Crippen molar-refractivity contribution in [1.82, 2.24) is 15.5 Å². The molecule has 0 spiro atoms. The van der Waals surface area contributed by atoms with Crippen LogP contribution in [-0.4, -0.2) is 42.9 Å². The minimum atomic E-state index is 0.0274. The third-order valence-corrected chi connectivity index (χ3v) is 3.97. The van der Waals surface area contributed by atoms with E-state index in [1.807, 2.05) is 12.1 Å². The predicted octanol–water partition coefficient (Wildman–Crippen LogP) is 0.294. The molecule has 0 unspecified atom stereocenters. The highest BCUT2D eigenvalue weighted by Gasteiger charge is 2.23. The second-order valence-electron chi connectivity index (χ2n) is 5.26. The van der Waals surface area contributed by atoms with Gasteiger partial charge in [-0.15, -0.1) is 0 Å². The quantitative estimate of drug-likeness (QED) is 0.773. The summed E-state index contributed by atoms with van der Waals surface area (Å²) in [6, 6.07) is 5.93. The van der Waals surface area contributed by atoms with Crippen molar-refractivity contribution < 1.29 is 9.59 Å². The van der Waals surface area contributed by atoms with E-state index < -0.39 is 0 Å². The number of carbonyl (C=O) groups excluding carboxylic acids is 2. The third kappa shape index (κ3) is 2.54. The van der Waals surface area contributed by atoms with E-state index in [2.05, 4.69) is 16.7 Å². The normalized spacial score (nSPS) is 19.0. The molecule has 2 aliphatic rings. The Bertz CT molecular complexity index is 542. The van der Waals surface area contributed by atoms with Gasteiger partial charge in [0, 0.05) is 38.2 Å². The topological polar surface area (TPSA) is 61.4 Å². The number of carbonyl (C=O) groups is 2. The molecule has 5 heteroatoms. The van der Waals surface area contributed by atoms with Gasteiger partial charge in [0.15, 0.2) is 0 Å². The predicted molar refractivity (Wildman–Crippen MR) is 75.4 cm³/mol. The maximum Gasteiger partial charge on any atom is 0.254 e. The summed E-state index contributed by atoms with van der Waals surface area (Å²) >= 11 is 0. The Labute approximate surface area is 118 Å². The van der Waals surface area contributed by atoms with Crippen molar-refractivity contribution in [3.05, 3.63) is 34.9 Å². The van der Waals surface area contributed by atoms with Crippen molar-refractivity contribution in [3.8, 4) is 0 Å². The van der Waals surface area contributed by atoms with Crippen molar-refractivity contribution in [1.29, 1.82) is 0 Å². The van der Waals surface area contributed by atoms with Crippen LogP contribution < -0.4 is 10.6 Å². The molecular formula is C15H19N3O2. The minimum absolute atomic E-state index is 0.0274. The van der Waals surface area contributed by atoms with Crippen molar-refractivity contribution in [2.75, 3.05) is 26.2 Å². The number of benzene rings is 1. The van der Waals surface area contributed by atoms with Gasteiger partial charge >= 0.3 is 0 Å². The highest BCUT2D eigenvalue weighted by atomic mass is 16.2. The second-order valence-corrected chi connectivity index (χ2v) is 5.26. The molecule has 1 saturated heterocycles. The maximum absolute atomic E-state index is 12.7. The molecule has 3 rings (SSSR count). The summed E-state index contributed by atoms with van der Waals surface area (Å²) in [6.45, 7) is 3.38. The first kappa shape index (κ1) is 13.1. The van der Waals surface area contributed by atoms with Crippen LogP contribution in [0.5, 0.6) is 0 Å². The Morgan fingerprint density at radius 3 is 2.95 bits per heavy atom. The lowest BCUT2D eigenvalue weighted by atomic mass is 9.94. The average Bonchev–Trinajstić information content (AvgIpc) is 2.71. The average molecular weight is 273 g/mol. The van der Waals surface area contributed by atoms with E-state index in [4.69, 9.17) is 0 Å². The Morgan fingerprint density at radius 1 is 1.15 bits per heavy atom. The largest absolute Gasteiger partial charge is 0.354 e. The van der Waals surface area contributed by atoms with Crippen LogP contribution in [0.1, 0.15) is 27.9 Å². The van der Waals surface area contributed by atoms with E-state index in [0.717, 1.165) is 25.1 Å². The number of hydrogen-bond acceptors (Lipinski definition) is 3. The highest BCUT2D eigenvalue weighted by molar-refractivity contribution is 5.96. The van der Waals surface area contributed by atoms with Gasteiger partial charge in [-0.1, -0.05) is 12.1 Å². The SMILES string of the molecule is O=C1CCN(C(=O)c2cccc3c2CCNC3)CCN1. The van der Waals surface area contributed by atoms with Crippen LogP contribution in [0.25, 0.3) is 0 Å². The molecule has 0 radical (unpaired) electrons. The lowest BCUT2D eigenvalue weighted by molar-refractivity contribution is -0.120. The molecular weight excluding hydrogens is 254 g/mol. The van der Waals surface area contributed by atoms with Crippen molar-refractivity contribution in [2.24, 2.45) is 0 Å². The van der Waals surface area contributed by atoms with E-state index in [1.54, 1.807) is 4.90 Å². The number of nitrogens with zero attached hydrogens (tertiary/aromatic N) is 1. The van der Waals surface area contributed by atoms with Gasteiger partial charge in [0.25, 0.3) is 5.91 Å². The minimum Gasteiger partial charge on any atom is -0.354 e. The maximum atomic E-state index is 12.7. The highest BCUT2D eigenvalue weighted by Crippen LogP contribution is 2.20. The molecule has 2 heterocycles. The molecule has 20 heavy (non-hydrogen) atoms. The molecule has 2 N–H and O–H groups in total. The van der Waals surface area contributed by atoms with Crippen molar-refractivity contribution >= 4 is 11.8 Å². The summed E-state index contributed by atoms with van der Waals surface area (Å²) in [4.78, 5) is 25.8. The molecule has 0 atom stereocenters. The zero-order valence-corrected chi connectivity index (χ0v) is 11.4. The van der Waals surface area contributed by atoms with Crippen molar-refractivity contribution in [3.63, 3.8) is 0 Å². The molecule has 1 aromatic rings. The number of fused-ring (bicyclic) bond motifs is 1. The summed E-state index contributed by atoms with van der Waals surface area (Å²) in [7, 11) is 0. The molecule has 2 amide bonds. The van der Waals surface area contributed by atoms with E-state index in [9.17, 15) is 9.59 Å². The van der Waals surface area contributed by atoms with E-state index in [-0.39, 0.29) is 11.8 Å². The van der Waals surface area contributed by atoms with Gasteiger partial charge in [-0.2, -0.15) is 0 Å². The lowest BCUT2D eigenvalue weighted by Crippen LogP contribution is -2.36. The summed E-state index contributed by atoms with van der Waals surface area (Å²) in [5, 5.41) is 6.12. The Balaban J connectivity index is 1.85. The molecule has 2 aliphatic heterocycles. The van der Waals surface area contributed by atoms with Gasteiger partial charge in [0.05, 0.1) is 0 Å².